The van der Waals surface area contributed by atoms with Crippen LogP contribution >= 0.6 is 0 Å². The summed E-state index contributed by atoms with van der Waals surface area (Å²) in [6, 6.07) is 14.8. The van der Waals surface area contributed by atoms with Crippen molar-refractivity contribution in [2.75, 3.05) is 11.9 Å². The third kappa shape index (κ3) is 3.32. The zero-order chi connectivity index (χ0) is 13.8. The van der Waals surface area contributed by atoms with E-state index in [1.165, 1.54) is 6.07 Å². The van der Waals surface area contributed by atoms with E-state index in [9.17, 15) is 9.50 Å². The molecular formula is C16H18FNO. The Bertz CT molecular complexity index is 540. The molecule has 2 nitrogen and oxygen atoms in total. The highest BCUT2D eigenvalue weighted by Crippen LogP contribution is 2.23. The molecule has 2 rings (SSSR count). The van der Waals surface area contributed by atoms with Gasteiger partial charge in [0.25, 0.3) is 0 Å². The van der Waals surface area contributed by atoms with Crippen molar-refractivity contribution < 1.29 is 9.50 Å². The minimum atomic E-state index is -0.650. The molecule has 3 heteroatoms. The van der Waals surface area contributed by atoms with E-state index in [2.05, 4.69) is 0 Å². The highest BCUT2D eigenvalue weighted by atomic mass is 19.1. The summed E-state index contributed by atoms with van der Waals surface area (Å²) in [7, 11) is 1.85. The third-order valence-corrected chi connectivity index (χ3v) is 3.13. The van der Waals surface area contributed by atoms with Crippen molar-refractivity contribution in [3.8, 4) is 0 Å². The first kappa shape index (κ1) is 13.6. The van der Waals surface area contributed by atoms with E-state index in [0.717, 1.165) is 5.56 Å². The van der Waals surface area contributed by atoms with Gasteiger partial charge in [0.15, 0.2) is 0 Å². The lowest BCUT2D eigenvalue weighted by atomic mass is 10.1. The molecule has 0 aliphatic carbocycles. The van der Waals surface area contributed by atoms with Gasteiger partial charge in [-0.05, 0) is 30.2 Å². The molecule has 0 aromatic heterocycles. The number of aliphatic hydroxyl groups excluding tert-OH is 1. The third-order valence-electron chi connectivity index (χ3n) is 3.13. The fraction of sp³-hybridized carbons (Fsp3) is 0.250. The topological polar surface area (TPSA) is 23.5 Å². The van der Waals surface area contributed by atoms with E-state index >= 15 is 0 Å². The lowest BCUT2D eigenvalue weighted by molar-refractivity contribution is 0.199. The summed E-state index contributed by atoms with van der Waals surface area (Å²) in [6.45, 7) is 2.27. The molecule has 19 heavy (non-hydrogen) atoms. The summed E-state index contributed by atoms with van der Waals surface area (Å²) in [5.41, 5.74) is 2.26. The van der Waals surface area contributed by atoms with E-state index in [1.807, 2.05) is 42.3 Å². The molecule has 0 saturated heterocycles. The smallest absolute Gasteiger partial charge is 0.146 e. The predicted octanol–water partition coefficient (Wildman–Crippen LogP) is 3.52. The van der Waals surface area contributed by atoms with Crippen LogP contribution in [0.15, 0.2) is 48.5 Å². The Morgan fingerprint density at radius 3 is 2.42 bits per heavy atom. The van der Waals surface area contributed by atoms with Crippen LogP contribution in [0.2, 0.25) is 0 Å². The number of aliphatic hydroxyl groups is 1. The van der Waals surface area contributed by atoms with E-state index in [1.54, 1.807) is 19.1 Å². The molecule has 0 bridgehead atoms. The fourth-order valence-electron chi connectivity index (χ4n) is 2.04. The molecule has 0 saturated carbocycles. The van der Waals surface area contributed by atoms with Gasteiger partial charge in [0, 0.05) is 13.6 Å². The van der Waals surface area contributed by atoms with Crippen LogP contribution in [0.3, 0.4) is 0 Å². The summed E-state index contributed by atoms with van der Waals surface area (Å²) in [5.74, 6) is -0.308. The molecule has 0 radical (unpaired) electrons. The Kier molecular flexibility index (Phi) is 4.17. The van der Waals surface area contributed by atoms with Gasteiger partial charge in [0.05, 0.1) is 11.8 Å². The molecule has 0 aliphatic rings. The first-order chi connectivity index (χ1) is 9.08. The Labute approximate surface area is 113 Å². The van der Waals surface area contributed by atoms with Gasteiger partial charge >= 0.3 is 0 Å². The van der Waals surface area contributed by atoms with Crippen molar-refractivity contribution >= 4 is 5.69 Å². The van der Waals surface area contributed by atoms with Crippen molar-refractivity contribution in [3.63, 3.8) is 0 Å². The molecule has 0 fully saturated rings. The molecule has 2 aromatic carbocycles. The Balaban J connectivity index is 2.17. The number of halogens is 1. The van der Waals surface area contributed by atoms with Crippen molar-refractivity contribution in [1.29, 1.82) is 0 Å². The van der Waals surface area contributed by atoms with Crippen LogP contribution in [0.5, 0.6) is 0 Å². The maximum atomic E-state index is 14.0. The molecule has 100 valence electrons. The lowest BCUT2D eigenvalue weighted by Crippen LogP contribution is -2.17. The zero-order valence-electron chi connectivity index (χ0n) is 11.2. The van der Waals surface area contributed by atoms with Gasteiger partial charge < -0.3 is 10.0 Å². The van der Waals surface area contributed by atoms with Crippen LogP contribution in [-0.4, -0.2) is 12.2 Å². The molecule has 0 amide bonds. The van der Waals surface area contributed by atoms with Crippen molar-refractivity contribution in [1.82, 2.24) is 0 Å². The molecular weight excluding hydrogens is 241 g/mol. The highest BCUT2D eigenvalue weighted by Gasteiger charge is 2.10. The fourth-order valence-corrected chi connectivity index (χ4v) is 2.04. The molecule has 1 atom stereocenters. The quantitative estimate of drug-likeness (QED) is 0.908. The van der Waals surface area contributed by atoms with E-state index < -0.39 is 6.10 Å². The van der Waals surface area contributed by atoms with Crippen LogP contribution in [0.4, 0.5) is 10.1 Å². The summed E-state index contributed by atoms with van der Waals surface area (Å²) < 4.78 is 14.0. The minimum Gasteiger partial charge on any atom is -0.389 e. The van der Waals surface area contributed by atoms with E-state index in [0.29, 0.717) is 17.8 Å². The van der Waals surface area contributed by atoms with Crippen LogP contribution in [0, 0.1) is 5.82 Å². The number of hydrogen-bond acceptors (Lipinski definition) is 2. The zero-order valence-corrected chi connectivity index (χ0v) is 11.2. The molecule has 0 spiro atoms. The van der Waals surface area contributed by atoms with Gasteiger partial charge in [-0.1, -0.05) is 36.4 Å². The summed E-state index contributed by atoms with van der Waals surface area (Å²) in [6.07, 6.45) is -0.650. The average molecular weight is 259 g/mol. The predicted molar refractivity (Wildman–Crippen MR) is 75.6 cm³/mol. The second kappa shape index (κ2) is 5.85. The lowest BCUT2D eigenvalue weighted by Gasteiger charge is -2.21. The molecule has 0 heterocycles. The van der Waals surface area contributed by atoms with Gasteiger partial charge in [0.1, 0.15) is 5.82 Å². The van der Waals surface area contributed by atoms with Gasteiger partial charge in [-0.25, -0.2) is 4.39 Å². The van der Waals surface area contributed by atoms with Crippen LogP contribution in [0.1, 0.15) is 24.2 Å². The first-order valence-electron chi connectivity index (χ1n) is 6.30. The van der Waals surface area contributed by atoms with Gasteiger partial charge in [-0.2, -0.15) is 0 Å². The van der Waals surface area contributed by atoms with Crippen LogP contribution in [-0.2, 0) is 6.54 Å². The number of rotatable bonds is 4. The molecule has 1 N–H and O–H groups in total. The summed E-state index contributed by atoms with van der Waals surface area (Å²) >= 11 is 0. The first-order valence-corrected chi connectivity index (χ1v) is 6.30. The number of hydrogen-bond donors (Lipinski definition) is 1. The molecule has 0 aliphatic heterocycles. The Hall–Kier alpha value is -1.87. The Morgan fingerprint density at radius 2 is 1.84 bits per heavy atom. The maximum Gasteiger partial charge on any atom is 0.146 e. The van der Waals surface area contributed by atoms with Gasteiger partial charge in [-0.15, -0.1) is 0 Å². The average Bonchev–Trinajstić information content (AvgIpc) is 2.39. The monoisotopic (exact) mass is 259 g/mol. The minimum absolute atomic E-state index is 0.308. The van der Waals surface area contributed by atoms with Crippen molar-refractivity contribution in [2.45, 2.75) is 19.6 Å². The standard InChI is InChI=1S/C16H18FNO/c1-12(19)14-8-9-16(15(17)10-14)18(2)11-13-6-4-3-5-7-13/h3-10,12,19H,11H2,1-2H3. The highest BCUT2D eigenvalue weighted by molar-refractivity contribution is 5.49. The van der Waals surface area contributed by atoms with Crippen molar-refractivity contribution in [2.24, 2.45) is 0 Å². The van der Waals surface area contributed by atoms with Crippen molar-refractivity contribution in [3.05, 3.63) is 65.5 Å². The number of nitrogens with zero attached hydrogens (tertiary/aromatic N) is 1. The van der Waals surface area contributed by atoms with Gasteiger partial charge in [0.2, 0.25) is 0 Å². The number of anilines is 1. The second-order valence-electron chi connectivity index (χ2n) is 4.73. The molecule has 2 aromatic rings. The van der Waals surface area contributed by atoms with E-state index in [-0.39, 0.29) is 5.82 Å². The van der Waals surface area contributed by atoms with Crippen LogP contribution in [0.25, 0.3) is 0 Å². The SMILES string of the molecule is CC(O)c1ccc(N(C)Cc2ccccc2)c(F)c1. The second-order valence-corrected chi connectivity index (χ2v) is 4.73. The maximum absolute atomic E-state index is 14.0. The number of benzene rings is 2. The van der Waals surface area contributed by atoms with E-state index in [4.69, 9.17) is 0 Å². The molecule has 1 unspecified atom stereocenters. The van der Waals surface area contributed by atoms with Gasteiger partial charge in [-0.3, -0.25) is 0 Å². The largest absolute Gasteiger partial charge is 0.389 e. The normalized spacial score (nSPS) is 12.2. The van der Waals surface area contributed by atoms with Crippen LogP contribution < -0.4 is 4.90 Å². The summed E-state index contributed by atoms with van der Waals surface area (Å²) in [4.78, 5) is 1.86. The Morgan fingerprint density at radius 1 is 1.16 bits per heavy atom. The summed E-state index contributed by atoms with van der Waals surface area (Å²) in [5, 5.41) is 9.43.